The summed E-state index contributed by atoms with van der Waals surface area (Å²) in [5, 5.41) is 2.69. The van der Waals surface area contributed by atoms with E-state index in [2.05, 4.69) is 30.0 Å². The van der Waals surface area contributed by atoms with Gasteiger partial charge in [0, 0.05) is 36.3 Å². The number of rotatable bonds is 12. The molecule has 308 valence electrons. The minimum absolute atomic E-state index is 0.0294. The van der Waals surface area contributed by atoms with Crippen molar-refractivity contribution in [3.8, 4) is 33.8 Å². The third-order valence-corrected chi connectivity index (χ3v) is 11.2. The number of ether oxygens (including phenoxy) is 2. The van der Waals surface area contributed by atoms with Crippen LogP contribution in [-0.4, -0.2) is 103 Å². The van der Waals surface area contributed by atoms with E-state index < -0.39 is 18.2 Å². The number of aromatic nitrogens is 6. The Bertz CT molecular complexity index is 2320. The van der Waals surface area contributed by atoms with Crippen molar-refractivity contribution in [2.24, 2.45) is 16.8 Å². The number of nitrogens with one attached hydrogen (secondary N) is 3. The fraction of sp³-hybridized carbons (Fsp3) is 0.419. The van der Waals surface area contributed by atoms with Crippen LogP contribution < -0.4 is 5.32 Å². The summed E-state index contributed by atoms with van der Waals surface area (Å²) in [6, 6.07) is 12.8. The fourth-order valence-electron chi connectivity index (χ4n) is 7.94. The Balaban J connectivity index is 1.00. The molecule has 2 aliphatic heterocycles. The van der Waals surface area contributed by atoms with Crippen molar-refractivity contribution in [2.75, 3.05) is 27.3 Å². The number of fused-ring (bicyclic) bond motifs is 1. The highest BCUT2D eigenvalue weighted by Crippen LogP contribution is 2.35. The zero-order chi connectivity index (χ0) is 41.6. The van der Waals surface area contributed by atoms with Crippen molar-refractivity contribution in [1.82, 2.24) is 45.0 Å². The van der Waals surface area contributed by atoms with Crippen LogP contribution >= 0.6 is 0 Å². The van der Waals surface area contributed by atoms with Gasteiger partial charge >= 0.3 is 12.2 Å². The van der Waals surface area contributed by atoms with Crippen LogP contribution in [0.4, 0.5) is 9.59 Å². The molecule has 2 saturated heterocycles. The van der Waals surface area contributed by atoms with Crippen LogP contribution in [-0.2, 0) is 19.1 Å². The molecule has 4 unspecified atom stereocenters. The standard InChI is InChI=1S/C43H50N10O6/c1-6-26(17-18-44-42(56)58-4)40(54)52-19-8-10-36(52)39-48-30-16-15-29(21-31(30)49-39)33-23-45-32(22-46-33)27-11-13-28(14-12-27)34-24-47-38(50-34)35-9-7-20-53(35)41(55)37(25(2)3)51-43(57)59-5/h11-16,18,21-26,35-37H,6-10,17,19-20H2,1-5H3,(H,47,50)(H,48,49)(H,51,57). The summed E-state index contributed by atoms with van der Waals surface area (Å²) >= 11 is 0. The molecule has 5 aromatic rings. The summed E-state index contributed by atoms with van der Waals surface area (Å²) in [6.07, 6.45) is 9.73. The molecule has 0 aliphatic carbocycles. The van der Waals surface area contributed by atoms with Gasteiger partial charge in [0.2, 0.25) is 11.8 Å². The van der Waals surface area contributed by atoms with E-state index in [-0.39, 0.29) is 35.7 Å². The van der Waals surface area contributed by atoms with E-state index in [1.54, 1.807) is 23.5 Å². The molecule has 3 aromatic heterocycles. The van der Waals surface area contributed by atoms with Gasteiger partial charge in [0.15, 0.2) is 0 Å². The summed E-state index contributed by atoms with van der Waals surface area (Å²) in [5.41, 5.74) is 6.65. The summed E-state index contributed by atoms with van der Waals surface area (Å²) < 4.78 is 9.32. The van der Waals surface area contributed by atoms with Crippen molar-refractivity contribution in [2.45, 2.75) is 77.4 Å². The number of carbonyl (C=O) groups excluding carboxylic acids is 4. The minimum Gasteiger partial charge on any atom is -0.453 e. The van der Waals surface area contributed by atoms with Crippen molar-refractivity contribution in [3.63, 3.8) is 0 Å². The van der Waals surface area contributed by atoms with E-state index in [4.69, 9.17) is 19.7 Å². The van der Waals surface area contributed by atoms with Gasteiger partial charge < -0.3 is 34.6 Å². The van der Waals surface area contributed by atoms with Crippen molar-refractivity contribution < 1.29 is 28.7 Å². The summed E-state index contributed by atoms with van der Waals surface area (Å²) in [5.74, 6) is 0.931. The first-order valence-corrected chi connectivity index (χ1v) is 20.1. The van der Waals surface area contributed by atoms with Gasteiger partial charge in [-0.1, -0.05) is 51.1 Å². The van der Waals surface area contributed by atoms with Crippen LogP contribution in [0, 0.1) is 11.8 Å². The number of aliphatic imine (C=N–C) groups is 1. The van der Waals surface area contributed by atoms with Gasteiger partial charge in [-0.15, -0.1) is 0 Å². The van der Waals surface area contributed by atoms with E-state index in [1.807, 2.05) is 68.1 Å². The molecule has 16 heteroatoms. The van der Waals surface area contributed by atoms with Gasteiger partial charge in [-0.2, -0.15) is 4.99 Å². The van der Waals surface area contributed by atoms with E-state index in [9.17, 15) is 19.2 Å². The number of hydrogen-bond acceptors (Lipinski definition) is 10. The number of carbonyl (C=O) groups is 4. The molecule has 5 heterocycles. The van der Waals surface area contributed by atoms with Crippen molar-refractivity contribution in [1.29, 1.82) is 0 Å². The Hall–Kier alpha value is -6.45. The second-order valence-electron chi connectivity index (χ2n) is 15.3. The van der Waals surface area contributed by atoms with E-state index in [0.717, 1.165) is 70.6 Å². The second-order valence-corrected chi connectivity index (χ2v) is 15.3. The number of H-pyrrole nitrogens is 2. The quantitative estimate of drug-likeness (QED) is 0.110. The molecule has 16 nitrogen and oxygen atoms in total. The van der Waals surface area contributed by atoms with Crippen LogP contribution in [0.3, 0.4) is 0 Å². The maximum Gasteiger partial charge on any atom is 0.432 e. The smallest absolute Gasteiger partial charge is 0.432 e. The van der Waals surface area contributed by atoms with Gasteiger partial charge in [-0.25, -0.2) is 19.6 Å². The largest absolute Gasteiger partial charge is 0.453 e. The highest BCUT2D eigenvalue weighted by molar-refractivity contribution is 5.87. The minimum atomic E-state index is -0.697. The molecule has 7 rings (SSSR count). The van der Waals surface area contributed by atoms with Crippen molar-refractivity contribution >= 4 is 41.2 Å². The first kappa shape index (κ1) is 40.7. The number of hydrogen-bond donors (Lipinski definition) is 3. The first-order chi connectivity index (χ1) is 28.6. The van der Waals surface area contributed by atoms with Crippen LogP contribution in [0.2, 0.25) is 0 Å². The molecule has 2 aromatic carbocycles. The number of alkyl carbamates (subject to hydrolysis) is 1. The fourth-order valence-corrected chi connectivity index (χ4v) is 7.94. The van der Waals surface area contributed by atoms with Gasteiger partial charge in [0.1, 0.15) is 17.7 Å². The molecule has 0 radical (unpaired) electrons. The number of benzene rings is 2. The average molecular weight is 803 g/mol. The van der Waals surface area contributed by atoms with Gasteiger partial charge in [-0.3, -0.25) is 19.6 Å². The first-order valence-electron chi connectivity index (χ1n) is 20.1. The Morgan fingerprint density at radius 1 is 0.831 bits per heavy atom. The summed E-state index contributed by atoms with van der Waals surface area (Å²) in [6.45, 7) is 6.98. The maximum atomic E-state index is 13.6. The number of imidazole rings is 2. The number of amides is 4. The normalized spacial score (nSPS) is 17.8. The Morgan fingerprint density at radius 2 is 1.47 bits per heavy atom. The zero-order valence-electron chi connectivity index (χ0n) is 34.0. The van der Waals surface area contributed by atoms with Crippen molar-refractivity contribution in [3.05, 3.63) is 72.7 Å². The lowest BCUT2D eigenvalue weighted by molar-refractivity contribution is -0.136. The molecule has 4 atom stereocenters. The highest BCUT2D eigenvalue weighted by atomic mass is 16.5. The van der Waals surface area contributed by atoms with Crippen LogP contribution in [0.15, 0.2) is 66.0 Å². The maximum absolute atomic E-state index is 13.6. The predicted octanol–water partition coefficient (Wildman–Crippen LogP) is 7.04. The lowest BCUT2D eigenvalue weighted by Crippen LogP contribution is -2.51. The van der Waals surface area contributed by atoms with Crippen LogP contribution in [0.5, 0.6) is 0 Å². The number of likely N-dealkylation sites (tertiary alicyclic amines) is 2. The number of aromatic amines is 2. The Morgan fingerprint density at radius 3 is 2.12 bits per heavy atom. The Labute approximate surface area is 342 Å². The predicted molar refractivity (Wildman–Crippen MR) is 221 cm³/mol. The molecule has 2 fully saturated rings. The second kappa shape index (κ2) is 18.0. The van der Waals surface area contributed by atoms with Crippen LogP contribution in [0.1, 0.15) is 83.0 Å². The molecule has 59 heavy (non-hydrogen) atoms. The SMILES string of the molecule is CCC(CC=NC(=O)OC)C(=O)N1CCCC1c1nc2ccc(-c3cnc(-c4ccc(-c5cnc(C6CCCN6C(=O)C(NC(=O)OC)C(C)C)[nH]5)cc4)cn3)cc2[nH]1. The van der Waals surface area contributed by atoms with Gasteiger partial charge in [-0.05, 0) is 62.1 Å². The molecule has 0 bridgehead atoms. The lowest BCUT2D eigenvalue weighted by Gasteiger charge is -2.30. The third-order valence-electron chi connectivity index (χ3n) is 11.2. The topological polar surface area (TPSA) is 201 Å². The molecule has 0 saturated carbocycles. The van der Waals surface area contributed by atoms with Crippen LogP contribution in [0.25, 0.3) is 44.8 Å². The lowest BCUT2D eigenvalue weighted by atomic mass is 10.0. The van der Waals surface area contributed by atoms with E-state index in [0.29, 0.717) is 37.4 Å². The summed E-state index contributed by atoms with van der Waals surface area (Å²) in [4.78, 5) is 83.8. The number of nitrogens with zero attached hydrogens (tertiary/aromatic N) is 7. The van der Waals surface area contributed by atoms with Gasteiger partial charge in [0.05, 0.1) is 73.0 Å². The molecule has 3 N–H and O–H groups in total. The van der Waals surface area contributed by atoms with Gasteiger partial charge in [0.25, 0.3) is 0 Å². The Kier molecular flexibility index (Phi) is 12.4. The molecular formula is C43H50N10O6. The molecule has 2 aliphatic rings. The van der Waals surface area contributed by atoms with E-state index >= 15 is 0 Å². The molecular weight excluding hydrogens is 753 g/mol. The third kappa shape index (κ3) is 8.86. The molecule has 0 spiro atoms. The van der Waals surface area contributed by atoms with E-state index in [1.165, 1.54) is 20.4 Å². The highest BCUT2D eigenvalue weighted by Gasteiger charge is 2.38. The molecule has 4 amide bonds. The number of methoxy groups -OCH3 is 2. The monoisotopic (exact) mass is 802 g/mol. The summed E-state index contributed by atoms with van der Waals surface area (Å²) in [7, 11) is 2.56. The average Bonchev–Trinajstić information content (AvgIpc) is 4.10. The zero-order valence-corrected chi connectivity index (χ0v) is 34.0.